The van der Waals surface area contributed by atoms with Crippen LogP contribution < -0.4 is 10.6 Å². The molecule has 0 saturated carbocycles. The summed E-state index contributed by atoms with van der Waals surface area (Å²) in [6, 6.07) is 8.84. The fourth-order valence-electron chi connectivity index (χ4n) is 3.44. The quantitative estimate of drug-likeness (QED) is 0.478. The molecule has 1 aliphatic heterocycles. The fourth-order valence-corrected chi connectivity index (χ4v) is 3.93. The lowest BCUT2D eigenvalue weighted by molar-refractivity contribution is 0.102. The number of nitrogens with one attached hydrogen (secondary N) is 3. The highest BCUT2D eigenvalue weighted by atomic mass is 35.5. The van der Waals surface area contributed by atoms with Gasteiger partial charge in [0.15, 0.2) is 0 Å². The lowest BCUT2D eigenvalue weighted by atomic mass is 10.1. The molecule has 0 saturated heterocycles. The number of aryl methyl sites for hydroxylation is 2. The SMILES string of the molecule is CC(=N)c1c(NCc2cc3n(n2)CCC3)ncc(C(=O)Nc2ccc(Cl)cc2)c1Cl. The molecule has 154 valence electrons. The number of benzene rings is 1. The van der Waals surface area contributed by atoms with Crippen molar-refractivity contribution in [3.8, 4) is 0 Å². The predicted molar refractivity (Wildman–Crippen MR) is 119 cm³/mol. The largest absolute Gasteiger partial charge is 0.364 e. The highest BCUT2D eigenvalue weighted by Gasteiger charge is 2.20. The van der Waals surface area contributed by atoms with E-state index in [2.05, 4.69) is 26.8 Å². The van der Waals surface area contributed by atoms with Crippen molar-refractivity contribution in [1.29, 1.82) is 5.41 Å². The van der Waals surface area contributed by atoms with Crippen LogP contribution >= 0.6 is 23.2 Å². The summed E-state index contributed by atoms with van der Waals surface area (Å²) in [6.45, 7) is 3.02. The summed E-state index contributed by atoms with van der Waals surface area (Å²) in [5.74, 6) is 0.0399. The Bertz CT molecular complexity index is 1100. The number of rotatable bonds is 6. The standard InChI is InChI=1S/C21H20Cl2N6O/c1-12(24)18-19(23)17(21(30)27-14-6-4-13(22)5-7-14)11-26-20(18)25-10-15-9-16-3-2-8-29(16)28-15/h4-7,9,11,24H,2-3,8,10H2,1H3,(H,25,26)(H,27,30). The molecule has 9 heteroatoms. The first-order chi connectivity index (χ1) is 14.4. The monoisotopic (exact) mass is 442 g/mol. The maximum Gasteiger partial charge on any atom is 0.258 e. The van der Waals surface area contributed by atoms with Gasteiger partial charge in [0.05, 0.1) is 28.4 Å². The normalized spacial score (nSPS) is 12.5. The van der Waals surface area contributed by atoms with Crippen molar-refractivity contribution < 1.29 is 4.79 Å². The number of halogens is 2. The summed E-state index contributed by atoms with van der Waals surface area (Å²) in [7, 11) is 0. The molecule has 0 unspecified atom stereocenters. The number of hydrogen-bond acceptors (Lipinski definition) is 5. The third-order valence-electron chi connectivity index (χ3n) is 4.89. The Morgan fingerprint density at radius 3 is 2.73 bits per heavy atom. The average Bonchev–Trinajstić information content (AvgIpc) is 3.29. The van der Waals surface area contributed by atoms with E-state index >= 15 is 0 Å². The van der Waals surface area contributed by atoms with Crippen molar-refractivity contribution in [2.45, 2.75) is 32.9 Å². The minimum atomic E-state index is -0.408. The van der Waals surface area contributed by atoms with Crippen LogP contribution in [0.3, 0.4) is 0 Å². The second-order valence-electron chi connectivity index (χ2n) is 7.10. The van der Waals surface area contributed by atoms with Crippen LogP contribution in [0, 0.1) is 5.41 Å². The Balaban J connectivity index is 1.54. The number of hydrogen-bond donors (Lipinski definition) is 3. The summed E-state index contributed by atoms with van der Waals surface area (Å²) in [6.07, 6.45) is 3.58. The van der Waals surface area contributed by atoms with Crippen molar-refractivity contribution in [1.82, 2.24) is 14.8 Å². The van der Waals surface area contributed by atoms with E-state index in [1.807, 2.05) is 4.68 Å². The molecule has 0 spiro atoms. The van der Waals surface area contributed by atoms with Crippen molar-refractivity contribution in [3.63, 3.8) is 0 Å². The molecular formula is C21H20Cl2N6O. The van der Waals surface area contributed by atoms with Crippen molar-refractivity contribution in [3.05, 3.63) is 69.1 Å². The summed E-state index contributed by atoms with van der Waals surface area (Å²) in [5.41, 5.74) is 3.52. The minimum absolute atomic E-state index is 0.179. The molecular weight excluding hydrogens is 423 g/mol. The first-order valence-electron chi connectivity index (χ1n) is 9.53. The Morgan fingerprint density at radius 2 is 2.03 bits per heavy atom. The van der Waals surface area contributed by atoms with Crippen LogP contribution in [0.5, 0.6) is 0 Å². The number of carbonyl (C=O) groups is 1. The van der Waals surface area contributed by atoms with Gasteiger partial charge in [-0.2, -0.15) is 5.10 Å². The third-order valence-corrected chi connectivity index (χ3v) is 5.54. The Hall–Kier alpha value is -2.90. The van der Waals surface area contributed by atoms with Crippen LogP contribution in [-0.2, 0) is 19.5 Å². The Morgan fingerprint density at radius 1 is 1.27 bits per heavy atom. The second-order valence-corrected chi connectivity index (χ2v) is 7.92. The van der Waals surface area contributed by atoms with Gasteiger partial charge in [-0.25, -0.2) is 4.98 Å². The molecule has 0 radical (unpaired) electrons. The second kappa shape index (κ2) is 8.45. The van der Waals surface area contributed by atoms with Crippen LogP contribution in [0.2, 0.25) is 10.0 Å². The van der Waals surface area contributed by atoms with Gasteiger partial charge in [-0.05, 0) is 50.1 Å². The van der Waals surface area contributed by atoms with E-state index in [9.17, 15) is 4.79 Å². The molecule has 1 amide bonds. The molecule has 3 N–H and O–H groups in total. The van der Waals surface area contributed by atoms with Crippen LogP contribution in [-0.4, -0.2) is 26.4 Å². The maximum absolute atomic E-state index is 12.7. The lowest BCUT2D eigenvalue weighted by Gasteiger charge is -2.14. The van der Waals surface area contributed by atoms with Gasteiger partial charge in [0.25, 0.3) is 5.91 Å². The number of carbonyl (C=O) groups excluding carboxylic acids is 1. The van der Waals surface area contributed by atoms with E-state index < -0.39 is 5.91 Å². The van der Waals surface area contributed by atoms with Gasteiger partial charge in [-0.3, -0.25) is 9.48 Å². The molecule has 0 atom stereocenters. The summed E-state index contributed by atoms with van der Waals surface area (Å²) < 4.78 is 2.02. The average molecular weight is 443 g/mol. The highest BCUT2D eigenvalue weighted by Crippen LogP contribution is 2.28. The van der Waals surface area contributed by atoms with Gasteiger partial charge in [0, 0.05) is 34.9 Å². The van der Waals surface area contributed by atoms with E-state index in [0.29, 0.717) is 28.6 Å². The van der Waals surface area contributed by atoms with Crippen LogP contribution in [0.4, 0.5) is 11.5 Å². The summed E-state index contributed by atoms with van der Waals surface area (Å²) in [4.78, 5) is 17.1. The van der Waals surface area contributed by atoms with Gasteiger partial charge in [-0.1, -0.05) is 23.2 Å². The van der Waals surface area contributed by atoms with Gasteiger partial charge in [0.1, 0.15) is 5.82 Å². The molecule has 0 aliphatic carbocycles. The first-order valence-corrected chi connectivity index (χ1v) is 10.3. The smallest absolute Gasteiger partial charge is 0.258 e. The predicted octanol–water partition coefficient (Wildman–Crippen LogP) is 4.78. The van der Waals surface area contributed by atoms with Gasteiger partial charge in [0.2, 0.25) is 0 Å². The van der Waals surface area contributed by atoms with E-state index in [1.54, 1.807) is 31.2 Å². The van der Waals surface area contributed by atoms with Crippen molar-refractivity contribution in [2.75, 3.05) is 10.6 Å². The Labute approximate surface area is 183 Å². The van der Waals surface area contributed by atoms with E-state index in [-0.39, 0.29) is 16.3 Å². The number of anilines is 2. The molecule has 3 heterocycles. The molecule has 3 aromatic rings. The number of fused-ring (bicyclic) bond motifs is 1. The molecule has 0 fully saturated rings. The molecule has 30 heavy (non-hydrogen) atoms. The molecule has 4 rings (SSSR count). The number of amides is 1. The minimum Gasteiger partial charge on any atom is -0.364 e. The number of pyridine rings is 1. The molecule has 2 aromatic heterocycles. The van der Waals surface area contributed by atoms with E-state index in [0.717, 1.165) is 25.1 Å². The van der Waals surface area contributed by atoms with Crippen molar-refractivity contribution >= 4 is 46.3 Å². The van der Waals surface area contributed by atoms with Gasteiger partial charge in [-0.15, -0.1) is 0 Å². The molecule has 1 aromatic carbocycles. The van der Waals surface area contributed by atoms with Crippen LogP contribution in [0.15, 0.2) is 36.5 Å². The van der Waals surface area contributed by atoms with E-state index in [4.69, 9.17) is 28.6 Å². The third kappa shape index (κ3) is 4.17. The highest BCUT2D eigenvalue weighted by molar-refractivity contribution is 6.38. The molecule has 0 bridgehead atoms. The fraction of sp³-hybridized carbons (Fsp3) is 0.238. The molecule has 1 aliphatic rings. The van der Waals surface area contributed by atoms with Crippen molar-refractivity contribution in [2.24, 2.45) is 0 Å². The maximum atomic E-state index is 12.7. The lowest BCUT2D eigenvalue weighted by Crippen LogP contribution is -2.16. The van der Waals surface area contributed by atoms with Crippen LogP contribution in [0.25, 0.3) is 0 Å². The number of aromatic nitrogens is 3. The zero-order chi connectivity index (χ0) is 21.3. The topological polar surface area (TPSA) is 95.7 Å². The van der Waals surface area contributed by atoms with Crippen LogP contribution in [0.1, 0.15) is 40.7 Å². The summed E-state index contributed by atoms with van der Waals surface area (Å²) in [5, 5.41) is 19.4. The van der Waals surface area contributed by atoms with E-state index in [1.165, 1.54) is 11.9 Å². The van der Waals surface area contributed by atoms with Gasteiger partial charge < -0.3 is 16.0 Å². The zero-order valence-electron chi connectivity index (χ0n) is 16.3. The Kier molecular flexibility index (Phi) is 5.74. The molecule has 7 nitrogen and oxygen atoms in total. The first kappa shape index (κ1) is 20.4. The summed E-state index contributed by atoms with van der Waals surface area (Å²) >= 11 is 12.4. The van der Waals surface area contributed by atoms with Gasteiger partial charge >= 0.3 is 0 Å². The number of nitrogens with zero attached hydrogens (tertiary/aromatic N) is 3. The zero-order valence-corrected chi connectivity index (χ0v) is 17.8.